The van der Waals surface area contributed by atoms with Crippen molar-refractivity contribution in [2.24, 2.45) is 0 Å². The van der Waals surface area contributed by atoms with Gasteiger partial charge >= 0.3 is 0 Å². The molecule has 7 nitrogen and oxygen atoms in total. The maximum Gasteiger partial charge on any atom is 0.236 e. The molecule has 1 amide bonds. The van der Waals surface area contributed by atoms with E-state index < -0.39 is 10.0 Å². The van der Waals surface area contributed by atoms with Gasteiger partial charge in [0, 0.05) is 39.8 Å². The lowest BCUT2D eigenvalue weighted by molar-refractivity contribution is -0.131. The summed E-state index contributed by atoms with van der Waals surface area (Å²) >= 11 is 0. The average Bonchev–Trinajstić information content (AvgIpc) is 2.59. The molecule has 0 aromatic heterocycles. The first kappa shape index (κ1) is 18.9. The predicted octanol–water partition coefficient (Wildman–Crippen LogP) is -0.103. The number of carbonyl (C=O) groups excluding carboxylic acids is 1. The molecule has 0 bridgehead atoms. The number of sulfonamides is 1. The van der Waals surface area contributed by atoms with E-state index in [1.54, 1.807) is 12.0 Å². The number of nitrogens with one attached hydrogen (secondary N) is 1. The fourth-order valence-corrected chi connectivity index (χ4v) is 4.09. The molecule has 0 unspecified atom stereocenters. The number of hydrogen-bond acceptors (Lipinski definition) is 5. The molecule has 0 aliphatic carbocycles. The van der Waals surface area contributed by atoms with Gasteiger partial charge in [0.15, 0.2) is 0 Å². The van der Waals surface area contributed by atoms with E-state index in [1.165, 1.54) is 4.31 Å². The lowest BCUT2D eigenvalue weighted by atomic mass is 10.2. The number of hydrogen-bond donors (Lipinski definition) is 1. The summed E-state index contributed by atoms with van der Waals surface area (Å²) < 4.78 is 31.3. The van der Waals surface area contributed by atoms with Gasteiger partial charge in [-0.05, 0) is 5.56 Å². The number of rotatable bonds is 8. The number of benzene rings is 1. The normalized spacial score (nSPS) is 16.3. The molecule has 1 aromatic rings. The Bertz CT molecular complexity index is 613. The van der Waals surface area contributed by atoms with Crippen molar-refractivity contribution in [1.82, 2.24) is 14.5 Å². The molecule has 0 radical (unpaired) electrons. The number of methoxy groups -OCH3 is 1. The Morgan fingerprint density at radius 1 is 1.17 bits per heavy atom. The van der Waals surface area contributed by atoms with Crippen LogP contribution in [0.2, 0.25) is 0 Å². The Labute approximate surface area is 143 Å². The van der Waals surface area contributed by atoms with Crippen molar-refractivity contribution in [3.8, 4) is 0 Å². The summed E-state index contributed by atoms with van der Waals surface area (Å²) in [6.45, 7) is 2.97. The Morgan fingerprint density at radius 3 is 2.46 bits per heavy atom. The summed E-state index contributed by atoms with van der Waals surface area (Å²) in [5.74, 6) is -0.00778. The highest BCUT2D eigenvalue weighted by atomic mass is 32.2. The maximum absolute atomic E-state index is 12.5. The van der Waals surface area contributed by atoms with E-state index in [2.05, 4.69) is 5.32 Å². The fraction of sp³-hybridized carbons (Fsp3) is 0.562. The number of piperazine rings is 1. The lowest BCUT2D eigenvalue weighted by Gasteiger charge is -2.34. The van der Waals surface area contributed by atoms with Gasteiger partial charge in [-0.2, -0.15) is 4.31 Å². The first-order valence-electron chi connectivity index (χ1n) is 8.02. The van der Waals surface area contributed by atoms with Crippen LogP contribution in [0.25, 0.3) is 0 Å². The quantitative estimate of drug-likeness (QED) is 0.659. The van der Waals surface area contributed by atoms with Crippen molar-refractivity contribution in [2.75, 3.05) is 53.0 Å². The summed E-state index contributed by atoms with van der Waals surface area (Å²) in [7, 11) is -1.74. The molecule has 0 spiro atoms. The number of nitrogens with zero attached hydrogens (tertiary/aromatic N) is 2. The van der Waals surface area contributed by atoms with Crippen LogP contribution in [0.15, 0.2) is 30.3 Å². The van der Waals surface area contributed by atoms with Crippen LogP contribution >= 0.6 is 0 Å². The predicted molar refractivity (Wildman–Crippen MR) is 92.0 cm³/mol. The van der Waals surface area contributed by atoms with E-state index in [-0.39, 0.29) is 18.2 Å². The molecular formula is C16H25N3O4S. The molecule has 1 fully saturated rings. The van der Waals surface area contributed by atoms with E-state index in [9.17, 15) is 13.2 Å². The zero-order valence-electron chi connectivity index (χ0n) is 14.0. The van der Waals surface area contributed by atoms with Gasteiger partial charge in [-0.1, -0.05) is 30.3 Å². The second-order valence-corrected chi connectivity index (χ2v) is 7.66. The van der Waals surface area contributed by atoms with Gasteiger partial charge in [0.05, 0.1) is 18.9 Å². The molecule has 1 heterocycles. The summed E-state index contributed by atoms with van der Waals surface area (Å²) in [5, 5.41) is 3.01. The van der Waals surface area contributed by atoms with Gasteiger partial charge in [-0.3, -0.25) is 4.79 Å². The topological polar surface area (TPSA) is 79.0 Å². The molecule has 8 heteroatoms. The minimum atomic E-state index is -3.35. The van der Waals surface area contributed by atoms with Crippen LogP contribution in [-0.2, 0) is 25.3 Å². The standard InChI is InChI=1S/C16H25N3O4S/c1-23-12-7-17-13-16(20)18-8-10-19(11-9-18)24(21,22)14-15-5-3-2-4-6-15/h2-6,17H,7-14H2,1H3. The highest BCUT2D eigenvalue weighted by Crippen LogP contribution is 2.13. The largest absolute Gasteiger partial charge is 0.383 e. The van der Waals surface area contributed by atoms with Gasteiger partial charge in [-0.25, -0.2) is 8.42 Å². The van der Waals surface area contributed by atoms with Gasteiger partial charge in [0.1, 0.15) is 0 Å². The Balaban J connectivity index is 1.80. The second kappa shape index (κ2) is 9.12. The van der Waals surface area contributed by atoms with Crippen molar-refractivity contribution in [3.05, 3.63) is 35.9 Å². The van der Waals surface area contributed by atoms with E-state index >= 15 is 0 Å². The molecule has 1 aromatic carbocycles. The van der Waals surface area contributed by atoms with Crippen molar-refractivity contribution >= 4 is 15.9 Å². The van der Waals surface area contributed by atoms with Crippen LogP contribution in [0.1, 0.15) is 5.56 Å². The number of ether oxygens (including phenoxy) is 1. The van der Waals surface area contributed by atoms with E-state index in [4.69, 9.17) is 4.74 Å². The number of amides is 1. The molecular weight excluding hydrogens is 330 g/mol. The van der Waals surface area contributed by atoms with Gasteiger partial charge in [0.25, 0.3) is 0 Å². The van der Waals surface area contributed by atoms with Crippen LogP contribution < -0.4 is 5.32 Å². The summed E-state index contributed by atoms with van der Waals surface area (Å²) in [6, 6.07) is 9.14. The van der Waals surface area contributed by atoms with Crippen LogP contribution in [0, 0.1) is 0 Å². The molecule has 2 rings (SSSR count). The van der Waals surface area contributed by atoms with Crippen LogP contribution in [0.5, 0.6) is 0 Å². The molecule has 0 atom stereocenters. The Morgan fingerprint density at radius 2 is 1.83 bits per heavy atom. The van der Waals surface area contributed by atoms with Crippen molar-refractivity contribution in [1.29, 1.82) is 0 Å². The molecule has 1 aliphatic rings. The second-order valence-electron chi connectivity index (χ2n) is 5.69. The van der Waals surface area contributed by atoms with Gasteiger partial charge in [-0.15, -0.1) is 0 Å². The zero-order valence-corrected chi connectivity index (χ0v) is 14.8. The zero-order chi connectivity index (χ0) is 17.4. The molecule has 0 saturated carbocycles. The van der Waals surface area contributed by atoms with Crippen molar-refractivity contribution in [2.45, 2.75) is 5.75 Å². The van der Waals surface area contributed by atoms with E-state index in [1.807, 2.05) is 30.3 Å². The van der Waals surface area contributed by atoms with Crippen LogP contribution in [0.4, 0.5) is 0 Å². The van der Waals surface area contributed by atoms with Gasteiger partial charge < -0.3 is 15.0 Å². The SMILES string of the molecule is COCCNCC(=O)N1CCN(S(=O)(=O)Cc2ccccc2)CC1. The van der Waals surface area contributed by atoms with Crippen LogP contribution in [-0.4, -0.2) is 76.5 Å². The highest BCUT2D eigenvalue weighted by molar-refractivity contribution is 7.88. The molecule has 24 heavy (non-hydrogen) atoms. The maximum atomic E-state index is 12.5. The fourth-order valence-electron chi connectivity index (χ4n) is 2.57. The van der Waals surface area contributed by atoms with E-state index in [0.29, 0.717) is 39.3 Å². The van der Waals surface area contributed by atoms with Crippen molar-refractivity contribution < 1.29 is 17.9 Å². The molecule has 1 N–H and O–H groups in total. The third-order valence-electron chi connectivity index (χ3n) is 3.94. The lowest BCUT2D eigenvalue weighted by Crippen LogP contribution is -2.52. The Kier molecular flexibility index (Phi) is 7.16. The third kappa shape index (κ3) is 5.55. The van der Waals surface area contributed by atoms with E-state index in [0.717, 1.165) is 5.56 Å². The van der Waals surface area contributed by atoms with Crippen molar-refractivity contribution in [3.63, 3.8) is 0 Å². The first-order valence-corrected chi connectivity index (χ1v) is 9.63. The summed E-state index contributed by atoms with van der Waals surface area (Å²) in [4.78, 5) is 13.8. The summed E-state index contributed by atoms with van der Waals surface area (Å²) in [6.07, 6.45) is 0. The minimum Gasteiger partial charge on any atom is -0.383 e. The third-order valence-corrected chi connectivity index (χ3v) is 5.79. The molecule has 1 aliphatic heterocycles. The monoisotopic (exact) mass is 355 g/mol. The summed E-state index contributed by atoms with van der Waals surface area (Å²) in [5.41, 5.74) is 0.776. The van der Waals surface area contributed by atoms with Gasteiger partial charge in [0.2, 0.25) is 15.9 Å². The Hall–Kier alpha value is -1.48. The number of carbonyl (C=O) groups is 1. The molecule has 1 saturated heterocycles. The van der Waals surface area contributed by atoms with Crippen LogP contribution in [0.3, 0.4) is 0 Å². The minimum absolute atomic E-state index is 0.000357. The smallest absolute Gasteiger partial charge is 0.236 e. The highest BCUT2D eigenvalue weighted by Gasteiger charge is 2.28. The first-order chi connectivity index (χ1) is 11.5. The molecule has 134 valence electrons. The average molecular weight is 355 g/mol.